The Balaban J connectivity index is 1.77. The zero-order valence-corrected chi connectivity index (χ0v) is 10.5. The smallest absolute Gasteiger partial charge is 0.146 e. The van der Waals surface area contributed by atoms with E-state index in [0.29, 0.717) is 17.5 Å². The fourth-order valence-electron chi connectivity index (χ4n) is 2.29. The summed E-state index contributed by atoms with van der Waals surface area (Å²) in [5, 5.41) is 3.43. The van der Waals surface area contributed by atoms with E-state index < -0.39 is 0 Å². The van der Waals surface area contributed by atoms with Crippen molar-refractivity contribution >= 4 is 0 Å². The predicted molar refractivity (Wildman–Crippen MR) is 70.7 cm³/mol. The molecule has 1 aromatic heterocycles. The van der Waals surface area contributed by atoms with Gasteiger partial charge in [-0.2, -0.15) is 0 Å². The number of pyridine rings is 1. The van der Waals surface area contributed by atoms with Gasteiger partial charge in [0.15, 0.2) is 0 Å². The molecule has 19 heavy (non-hydrogen) atoms. The monoisotopic (exact) mass is 258 g/mol. The molecule has 3 rings (SSSR count). The molecule has 0 radical (unpaired) electrons. The summed E-state index contributed by atoms with van der Waals surface area (Å²) in [7, 11) is 0. The molecule has 1 N–H and O–H groups in total. The van der Waals surface area contributed by atoms with E-state index >= 15 is 0 Å². The third-order valence-electron chi connectivity index (χ3n) is 3.25. The number of nitrogens with zero attached hydrogens (tertiary/aromatic N) is 1. The molecule has 2 heterocycles. The van der Waals surface area contributed by atoms with Crippen LogP contribution >= 0.6 is 0 Å². The normalized spacial score (nSPS) is 18.5. The van der Waals surface area contributed by atoms with Crippen LogP contribution in [0, 0.1) is 5.82 Å². The highest BCUT2D eigenvalue weighted by Crippen LogP contribution is 2.27. The Morgan fingerprint density at radius 2 is 2.00 bits per heavy atom. The summed E-state index contributed by atoms with van der Waals surface area (Å²) in [5.41, 5.74) is 1.14. The first-order valence-electron chi connectivity index (χ1n) is 6.43. The second-order valence-electron chi connectivity index (χ2n) is 4.66. The van der Waals surface area contributed by atoms with Gasteiger partial charge in [0.1, 0.15) is 17.3 Å². The quantitative estimate of drug-likeness (QED) is 0.915. The Morgan fingerprint density at radius 1 is 1.16 bits per heavy atom. The highest BCUT2D eigenvalue weighted by molar-refractivity contribution is 5.32. The number of benzene rings is 1. The average molecular weight is 258 g/mol. The van der Waals surface area contributed by atoms with Crippen LogP contribution in [0.5, 0.6) is 11.5 Å². The second kappa shape index (κ2) is 5.36. The van der Waals surface area contributed by atoms with Crippen LogP contribution in [0.4, 0.5) is 4.39 Å². The third kappa shape index (κ3) is 2.90. The van der Waals surface area contributed by atoms with Crippen molar-refractivity contribution < 1.29 is 9.13 Å². The maximum absolute atomic E-state index is 12.8. The number of rotatable bonds is 3. The molecule has 98 valence electrons. The number of halogens is 1. The molecule has 0 spiro atoms. The van der Waals surface area contributed by atoms with Crippen LogP contribution in [-0.2, 0) is 0 Å². The SMILES string of the molecule is Fc1ccc(Oc2cncc(C3CCCN3)c2)cc1. The summed E-state index contributed by atoms with van der Waals surface area (Å²) < 4.78 is 18.5. The lowest BCUT2D eigenvalue weighted by atomic mass is 10.1. The number of ether oxygens (including phenoxy) is 1. The second-order valence-corrected chi connectivity index (χ2v) is 4.66. The number of hydrogen-bond donors (Lipinski definition) is 1. The summed E-state index contributed by atoms with van der Waals surface area (Å²) in [6.07, 6.45) is 5.84. The van der Waals surface area contributed by atoms with Gasteiger partial charge in [-0.15, -0.1) is 0 Å². The molecule has 0 aliphatic carbocycles. The first-order valence-corrected chi connectivity index (χ1v) is 6.43. The molecule has 1 aliphatic heterocycles. The number of nitrogens with one attached hydrogen (secondary N) is 1. The van der Waals surface area contributed by atoms with Crippen molar-refractivity contribution in [3.8, 4) is 11.5 Å². The maximum Gasteiger partial charge on any atom is 0.146 e. The van der Waals surface area contributed by atoms with E-state index in [1.165, 1.54) is 18.6 Å². The van der Waals surface area contributed by atoms with E-state index in [0.717, 1.165) is 18.5 Å². The Kier molecular flexibility index (Phi) is 3.42. The summed E-state index contributed by atoms with van der Waals surface area (Å²) >= 11 is 0. The Bertz CT molecular complexity index is 550. The van der Waals surface area contributed by atoms with Gasteiger partial charge in [0.2, 0.25) is 0 Å². The molecule has 1 saturated heterocycles. The van der Waals surface area contributed by atoms with Gasteiger partial charge in [-0.05, 0) is 55.3 Å². The average Bonchev–Trinajstić information content (AvgIpc) is 2.96. The van der Waals surface area contributed by atoms with Crippen molar-refractivity contribution in [2.75, 3.05) is 6.54 Å². The molecule has 1 unspecified atom stereocenters. The van der Waals surface area contributed by atoms with Crippen molar-refractivity contribution in [3.63, 3.8) is 0 Å². The van der Waals surface area contributed by atoms with Crippen LogP contribution in [0.3, 0.4) is 0 Å². The first-order chi connectivity index (χ1) is 9.31. The van der Waals surface area contributed by atoms with Gasteiger partial charge in [-0.3, -0.25) is 4.98 Å². The van der Waals surface area contributed by atoms with Crippen molar-refractivity contribution in [1.82, 2.24) is 10.3 Å². The van der Waals surface area contributed by atoms with E-state index in [1.807, 2.05) is 12.3 Å². The van der Waals surface area contributed by atoms with Gasteiger partial charge < -0.3 is 10.1 Å². The fraction of sp³-hybridized carbons (Fsp3) is 0.267. The van der Waals surface area contributed by atoms with E-state index in [4.69, 9.17) is 4.74 Å². The highest BCUT2D eigenvalue weighted by Gasteiger charge is 2.16. The van der Waals surface area contributed by atoms with Crippen LogP contribution in [0.25, 0.3) is 0 Å². The van der Waals surface area contributed by atoms with E-state index in [1.54, 1.807) is 18.3 Å². The lowest BCUT2D eigenvalue weighted by Gasteiger charge is -2.12. The van der Waals surface area contributed by atoms with Crippen LogP contribution in [-0.4, -0.2) is 11.5 Å². The molecule has 0 saturated carbocycles. The van der Waals surface area contributed by atoms with Crippen molar-refractivity contribution in [2.45, 2.75) is 18.9 Å². The zero-order valence-electron chi connectivity index (χ0n) is 10.5. The number of hydrogen-bond acceptors (Lipinski definition) is 3. The van der Waals surface area contributed by atoms with Gasteiger partial charge in [0.05, 0.1) is 6.20 Å². The Morgan fingerprint density at radius 3 is 2.74 bits per heavy atom. The van der Waals surface area contributed by atoms with E-state index in [2.05, 4.69) is 10.3 Å². The van der Waals surface area contributed by atoms with Gasteiger partial charge in [0.25, 0.3) is 0 Å². The van der Waals surface area contributed by atoms with Crippen LogP contribution in [0.2, 0.25) is 0 Å². The lowest BCUT2D eigenvalue weighted by Crippen LogP contribution is -2.12. The standard InChI is InChI=1S/C15H15FN2O/c16-12-3-5-13(6-4-12)19-14-8-11(9-17-10-14)15-2-1-7-18-15/h3-6,8-10,15,18H,1-2,7H2. The van der Waals surface area contributed by atoms with Crippen molar-refractivity contribution in [3.05, 3.63) is 54.1 Å². The molecule has 0 amide bonds. The molecule has 3 nitrogen and oxygen atoms in total. The third-order valence-corrected chi connectivity index (χ3v) is 3.25. The van der Waals surface area contributed by atoms with Crippen LogP contribution in [0.1, 0.15) is 24.4 Å². The van der Waals surface area contributed by atoms with Crippen molar-refractivity contribution in [1.29, 1.82) is 0 Å². The van der Waals surface area contributed by atoms with E-state index in [-0.39, 0.29) is 5.82 Å². The molecule has 1 atom stereocenters. The minimum absolute atomic E-state index is 0.269. The van der Waals surface area contributed by atoms with Gasteiger partial charge >= 0.3 is 0 Å². The molecular formula is C15H15FN2O. The van der Waals surface area contributed by atoms with Gasteiger partial charge in [-0.1, -0.05) is 0 Å². The molecule has 1 aliphatic rings. The molecule has 0 bridgehead atoms. The molecule has 4 heteroatoms. The zero-order chi connectivity index (χ0) is 13.1. The largest absolute Gasteiger partial charge is 0.456 e. The fourth-order valence-corrected chi connectivity index (χ4v) is 2.29. The summed E-state index contributed by atoms with van der Waals surface area (Å²) in [4.78, 5) is 4.20. The summed E-state index contributed by atoms with van der Waals surface area (Å²) in [5.74, 6) is 1.02. The minimum atomic E-state index is -0.269. The van der Waals surface area contributed by atoms with Crippen LogP contribution in [0.15, 0.2) is 42.7 Å². The first kappa shape index (κ1) is 12.1. The number of aromatic nitrogens is 1. The van der Waals surface area contributed by atoms with E-state index in [9.17, 15) is 4.39 Å². The topological polar surface area (TPSA) is 34.1 Å². The Labute approximate surface area is 111 Å². The summed E-state index contributed by atoms with van der Waals surface area (Å²) in [6.45, 7) is 1.05. The molecule has 1 aromatic carbocycles. The van der Waals surface area contributed by atoms with Gasteiger partial charge in [-0.25, -0.2) is 4.39 Å². The van der Waals surface area contributed by atoms with Crippen molar-refractivity contribution in [2.24, 2.45) is 0 Å². The highest BCUT2D eigenvalue weighted by atomic mass is 19.1. The molecular weight excluding hydrogens is 243 g/mol. The molecule has 2 aromatic rings. The minimum Gasteiger partial charge on any atom is -0.456 e. The predicted octanol–water partition coefficient (Wildman–Crippen LogP) is 3.44. The maximum atomic E-state index is 12.8. The molecule has 1 fully saturated rings. The lowest BCUT2D eigenvalue weighted by molar-refractivity contribution is 0.475. The van der Waals surface area contributed by atoms with Gasteiger partial charge in [0, 0.05) is 12.2 Å². The Hall–Kier alpha value is -1.94. The van der Waals surface area contributed by atoms with Crippen LogP contribution < -0.4 is 10.1 Å². The summed E-state index contributed by atoms with van der Waals surface area (Å²) in [6, 6.07) is 8.32.